The van der Waals surface area contributed by atoms with Gasteiger partial charge in [0.15, 0.2) is 0 Å². The number of hydrogen-bond acceptors (Lipinski definition) is 7. The predicted octanol–water partition coefficient (Wildman–Crippen LogP) is 3.77. The van der Waals surface area contributed by atoms with Crippen LogP contribution in [0.2, 0.25) is 5.02 Å². The Kier molecular flexibility index (Phi) is 5.79. The summed E-state index contributed by atoms with van der Waals surface area (Å²) in [7, 11) is 0. The SMILES string of the molecule is O=C(Cc1nc2cc(Cl)c(-c3ccccc3)cc2s1)NCC(=O)Nc1nncs1. The molecule has 7 nitrogen and oxygen atoms in total. The number of amides is 2. The van der Waals surface area contributed by atoms with Gasteiger partial charge in [0, 0.05) is 5.56 Å². The van der Waals surface area contributed by atoms with Crippen molar-refractivity contribution >= 4 is 61.4 Å². The highest BCUT2D eigenvalue weighted by Crippen LogP contribution is 2.34. The molecule has 4 aromatic rings. The monoisotopic (exact) mass is 443 g/mol. The van der Waals surface area contributed by atoms with Crippen LogP contribution in [-0.4, -0.2) is 33.5 Å². The molecule has 0 saturated heterocycles. The van der Waals surface area contributed by atoms with Crippen LogP contribution in [0.3, 0.4) is 0 Å². The van der Waals surface area contributed by atoms with Gasteiger partial charge in [-0.3, -0.25) is 14.9 Å². The Morgan fingerprint density at radius 3 is 2.69 bits per heavy atom. The third kappa shape index (κ3) is 4.76. The molecule has 0 bridgehead atoms. The van der Waals surface area contributed by atoms with Gasteiger partial charge in [0.2, 0.25) is 16.9 Å². The topological polar surface area (TPSA) is 96.9 Å². The molecule has 0 unspecified atom stereocenters. The van der Waals surface area contributed by atoms with Crippen LogP contribution in [0.1, 0.15) is 5.01 Å². The van der Waals surface area contributed by atoms with Crippen LogP contribution in [-0.2, 0) is 16.0 Å². The maximum absolute atomic E-state index is 12.2. The van der Waals surface area contributed by atoms with Crippen LogP contribution in [0.4, 0.5) is 5.13 Å². The van der Waals surface area contributed by atoms with Gasteiger partial charge in [-0.25, -0.2) is 4.98 Å². The molecule has 29 heavy (non-hydrogen) atoms. The van der Waals surface area contributed by atoms with Gasteiger partial charge in [-0.15, -0.1) is 21.5 Å². The number of rotatable bonds is 6. The van der Waals surface area contributed by atoms with Gasteiger partial charge in [0.1, 0.15) is 10.5 Å². The second-order valence-electron chi connectivity index (χ2n) is 6.02. The fraction of sp³-hybridized carbons (Fsp3) is 0.105. The lowest BCUT2D eigenvalue weighted by Crippen LogP contribution is -2.33. The molecular formula is C19H14ClN5O2S2. The number of aromatic nitrogens is 3. The average Bonchev–Trinajstić information content (AvgIpc) is 3.35. The van der Waals surface area contributed by atoms with Gasteiger partial charge in [-0.1, -0.05) is 53.3 Å². The standard InChI is InChI=1S/C19H14ClN5O2S2/c20-13-7-14-15(6-12(13)11-4-2-1-3-5-11)29-18(23-14)8-16(26)21-9-17(27)24-19-25-22-10-28-19/h1-7,10H,8-9H2,(H,21,26)(H,24,25,27). The molecular weight excluding hydrogens is 430 g/mol. The van der Waals surface area contributed by atoms with Crippen LogP contribution in [0.25, 0.3) is 21.3 Å². The number of nitrogens with zero attached hydrogens (tertiary/aromatic N) is 3. The second-order valence-corrected chi connectivity index (χ2v) is 8.37. The molecule has 4 rings (SSSR count). The molecule has 0 aliphatic carbocycles. The summed E-state index contributed by atoms with van der Waals surface area (Å²) < 4.78 is 0.949. The van der Waals surface area contributed by atoms with Gasteiger partial charge >= 0.3 is 0 Å². The minimum absolute atomic E-state index is 0.0870. The van der Waals surface area contributed by atoms with E-state index in [1.807, 2.05) is 42.5 Å². The van der Waals surface area contributed by atoms with Gasteiger partial charge in [-0.2, -0.15) is 0 Å². The molecule has 0 atom stereocenters. The Balaban J connectivity index is 1.41. The lowest BCUT2D eigenvalue weighted by molar-refractivity contribution is -0.123. The van der Waals surface area contributed by atoms with Crippen LogP contribution in [0, 0.1) is 0 Å². The summed E-state index contributed by atoms with van der Waals surface area (Å²) in [6, 6.07) is 13.7. The molecule has 0 fully saturated rings. The maximum Gasteiger partial charge on any atom is 0.245 e. The average molecular weight is 444 g/mol. The Labute approximate surface area is 178 Å². The highest BCUT2D eigenvalue weighted by molar-refractivity contribution is 7.18. The Bertz CT molecular complexity index is 1160. The van der Waals surface area contributed by atoms with E-state index in [-0.39, 0.29) is 24.8 Å². The summed E-state index contributed by atoms with van der Waals surface area (Å²) in [6.07, 6.45) is 0.0870. The number of anilines is 1. The lowest BCUT2D eigenvalue weighted by Gasteiger charge is -2.04. The van der Waals surface area contributed by atoms with Crippen LogP contribution in [0.15, 0.2) is 48.0 Å². The minimum atomic E-state index is -0.362. The molecule has 0 aliphatic rings. The molecule has 0 saturated carbocycles. The van der Waals surface area contributed by atoms with Crippen molar-refractivity contribution in [3.05, 3.63) is 58.0 Å². The molecule has 2 aromatic heterocycles. The molecule has 2 N–H and O–H groups in total. The number of carbonyl (C=O) groups excluding carboxylic acids is 2. The lowest BCUT2D eigenvalue weighted by atomic mass is 10.1. The van der Waals surface area contributed by atoms with Crippen LogP contribution >= 0.6 is 34.3 Å². The summed E-state index contributed by atoms with van der Waals surface area (Å²) in [6.45, 7) is -0.146. The van der Waals surface area contributed by atoms with E-state index in [2.05, 4.69) is 25.8 Å². The zero-order valence-corrected chi connectivity index (χ0v) is 17.3. The Morgan fingerprint density at radius 1 is 1.10 bits per heavy atom. The molecule has 0 spiro atoms. The first kappa shape index (κ1) is 19.4. The van der Waals surface area contributed by atoms with E-state index < -0.39 is 0 Å². The fourth-order valence-electron chi connectivity index (χ4n) is 2.68. The van der Waals surface area contributed by atoms with Crippen molar-refractivity contribution in [3.63, 3.8) is 0 Å². The molecule has 146 valence electrons. The summed E-state index contributed by atoms with van der Waals surface area (Å²) >= 11 is 9.07. The predicted molar refractivity (Wildman–Crippen MR) is 115 cm³/mol. The zero-order valence-electron chi connectivity index (χ0n) is 14.9. The molecule has 2 amide bonds. The summed E-state index contributed by atoms with van der Waals surface area (Å²) in [5.41, 5.74) is 4.20. The number of benzene rings is 2. The normalized spacial score (nSPS) is 10.8. The number of halogens is 1. The van der Waals surface area contributed by atoms with E-state index in [4.69, 9.17) is 11.6 Å². The number of fused-ring (bicyclic) bond motifs is 1. The molecule has 0 radical (unpaired) electrons. The minimum Gasteiger partial charge on any atom is -0.347 e. The summed E-state index contributed by atoms with van der Waals surface area (Å²) in [5, 5.41) is 14.1. The highest BCUT2D eigenvalue weighted by Gasteiger charge is 2.13. The maximum atomic E-state index is 12.2. The zero-order chi connectivity index (χ0) is 20.2. The fourth-order valence-corrected chi connectivity index (χ4v) is 4.40. The van der Waals surface area contributed by atoms with Crippen molar-refractivity contribution in [2.45, 2.75) is 6.42 Å². The smallest absolute Gasteiger partial charge is 0.245 e. The van der Waals surface area contributed by atoms with E-state index in [9.17, 15) is 9.59 Å². The van der Waals surface area contributed by atoms with Crippen molar-refractivity contribution in [2.24, 2.45) is 0 Å². The quantitative estimate of drug-likeness (QED) is 0.473. The molecule has 2 aromatic carbocycles. The van der Waals surface area contributed by atoms with Gasteiger partial charge in [0.25, 0.3) is 0 Å². The number of hydrogen-bond donors (Lipinski definition) is 2. The van der Waals surface area contributed by atoms with Gasteiger partial charge < -0.3 is 5.32 Å². The highest BCUT2D eigenvalue weighted by atomic mass is 35.5. The van der Waals surface area contributed by atoms with E-state index in [1.54, 1.807) is 0 Å². The van der Waals surface area contributed by atoms with Crippen LogP contribution in [0.5, 0.6) is 0 Å². The Morgan fingerprint density at radius 2 is 1.93 bits per heavy atom. The van der Waals surface area contributed by atoms with Crippen molar-refractivity contribution < 1.29 is 9.59 Å². The van der Waals surface area contributed by atoms with Gasteiger partial charge in [0.05, 0.1) is 28.2 Å². The van der Waals surface area contributed by atoms with Crippen LogP contribution < -0.4 is 10.6 Å². The van der Waals surface area contributed by atoms with Gasteiger partial charge in [-0.05, 0) is 17.7 Å². The number of thiazole rings is 1. The molecule has 10 heteroatoms. The first-order valence-electron chi connectivity index (χ1n) is 8.55. The first-order chi connectivity index (χ1) is 14.1. The van der Waals surface area contributed by atoms with E-state index in [1.165, 1.54) is 28.2 Å². The van der Waals surface area contributed by atoms with Crippen molar-refractivity contribution in [2.75, 3.05) is 11.9 Å². The van der Waals surface area contributed by atoms with Crippen molar-refractivity contribution in [3.8, 4) is 11.1 Å². The Hall–Kier alpha value is -2.88. The van der Waals surface area contributed by atoms with Crippen molar-refractivity contribution in [1.82, 2.24) is 20.5 Å². The third-order valence-electron chi connectivity index (χ3n) is 3.97. The van der Waals surface area contributed by atoms with Crippen molar-refractivity contribution in [1.29, 1.82) is 0 Å². The first-order valence-corrected chi connectivity index (χ1v) is 10.6. The third-order valence-corrected chi connectivity index (χ3v) is 5.91. The molecule has 2 heterocycles. The van der Waals surface area contributed by atoms with E-state index in [0.717, 1.165) is 21.3 Å². The summed E-state index contributed by atoms with van der Waals surface area (Å²) in [5.74, 6) is -0.649. The molecule has 0 aliphatic heterocycles. The summed E-state index contributed by atoms with van der Waals surface area (Å²) in [4.78, 5) is 28.5. The van der Waals surface area contributed by atoms with E-state index >= 15 is 0 Å². The number of carbonyl (C=O) groups is 2. The second kappa shape index (κ2) is 8.64. The van der Waals surface area contributed by atoms with E-state index in [0.29, 0.717) is 15.2 Å². The number of nitrogens with one attached hydrogen (secondary N) is 2. The largest absolute Gasteiger partial charge is 0.347 e.